The number of amides is 1. The van der Waals surface area contributed by atoms with E-state index in [1.807, 2.05) is 4.90 Å². The number of halogens is 2. The SMILES string of the molecule is COCCNC(=O)c1cnc2[nH]nc(N3CCCC3c3cc(F)ccc3F)c2c1. The predicted molar refractivity (Wildman–Crippen MR) is 104 cm³/mol. The Morgan fingerprint density at radius 3 is 3.07 bits per heavy atom. The maximum Gasteiger partial charge on any atom is 0.252 e. The fourth-order valence-electron chi connectivity index (χ4n) is 3.72. The van der Waals surface area contributed by atoms with Gasteiger partial charge in [-0.25, -0.2) is 13.8 Å². The molecule has 4 rings (SSSR count). The minimum Gasteiger partial charge on any atom is -0.383 e. The van der Waals surface area contributed by atoms with Gasteiger partial charge >= 0.3 is 0 Å². The number of benzene rings is 1. The van der Waals surface area contributed by atoms with Gasteiger partial charge < -0.3 is 15.0 Å². The first kappa shape index (κ1) is 19.3. The van der Waals surface area contributed by atoms with Gasteiger partial charge in [-0.15, -0.1) is 0 Å². The lowest BCUT2D eigenvalue weighted by atomic mass is 10.0. The third-order valence-electron chi connectivity index (χ3n) is 5.09. The second-order valence-electron chi connectivity index (χ2n) is 6.93. The highest BCUT2D eigenvalue weighted by molar-refractivity contribution is 5.99. The molecule has 3 aromatic rings. The number of hydrogen-bond acceptors (Lipinski definition) is 5. The molecule has 29 heavy (non-hydrogen) atoms. The van der Waals surface area contributed by atoms with Crippen molar-refractivity contribution in [1.29, 1.82) is 0 Å². The van der Waals surface area contributed by atoms with Crippen molar-refractivity contribution in [2.75, 3.05) is 31.7 Å². The average Bonchev–Trinajstić information content (AvgIpc) is 3.35. The fourth-order valence-corrected chi connectivity index (χ4v) is 3.72. The van der Waals surface area contributed by atoms with E-state index in [1.165, 1.54) is 12.3 Å². The Bertz CT molecular complexity index is 1040. The molecule has 1 aliphatic heterocycles. The molecular formula is C20H21F2N5O2. The number of aromatic nitrogens is 3. The van der Waals surface area contributed by atoms with Gasteiger partial charge in [-0.1, -0.05) is 0 Å². The Morgan fingerprint density at radius 1 is 1.38 bits per heavy atom. The molecular weight excluding hydrogens is 380 g/mol. The van der Waals surface area contributed by atoms with Crippen molar-refractivity contribution in [3.05, 3.63) is 53.2 Å². The molecule has 0 saturated carbocycles. The third-order valence-corrected chi connectivity index (χ3v) is 5.09. The van der Waals surface area contributed by atoms with Crippen molar-refractivity contribution in [3.63, 3.8) is 0 Å². The van der Waals surface area contributed by atoms with E-state index in [0.29, 0.717) is 54.1 Å². The van der Waals surface area contributed by atoms with Crippen LogP contribution in [0.25, 0.3) is 11.0 Å². The van der Waals surface area contributed by atoms with Crippen LogP contribution in [0.1, 0.15) is 34.8 Å². The number of rotatable bonds is 6. The minimum atomic E-state index is -0.475. The van der Waals surface area contributed by atoms with E-state index in [4.69, 9.17) is 4.74 Å². The largest absolute Gasteiger partial charge is 0.383 e. The van der Waals surface area contributed by atoms with E-state index in [-0.39, 0.29) is 11.9 Å². The highest BCUT2D eigenvalue weighted by Gasteiger charge is 2.31. The summed E-state index contributed by atoms with van der Waals surface area (Å²) in [6.07, 6.45) is 2.97. The summed E-state index contributed by atoms with van der Waals surface area (Å²) in [5.41, 5.74) is 1.22. The van der Waals surface area contributed by atoms with Crippen molar-refractivity contribution in [3.8, 4) is 0 Å². The van der Waals surface area contributed by atoms with Crippen LogP contribution in [-0.4, -0.2) is 47.9 Å². The van der Waals surface area contributed by atoms with Crippen LogP contribution >= 0.6 is 0 Å². The maximum absolute atomic E-state index is 14.4. The molecule has 1 saturated heterocycles. The van der Waals surface area contributed by atoms with Crippen molar-refractivity contribution < 1.29 is 18.3 Å². The normalized spacial score (nSPS) is 16.5. The average molecular weight is 401 g/mol. The van der Waals surface area contributed by atoms with Crippen LogP contribution < -0.4 is 10.2 Å². The van der Waals surface area contributed by atoms with Gasteiger partial charge in [-0.3, -0.25) is 9.89 Å². The highest BCUT2D eigenvalue weighted by Crippen LogP contribution is 2.39. The topological polar surface area (TPSA) is 83.1 Å². The van der Waals surface area contributed by atoms with Crippen LogP contribution in [0.3, 0.4) is 0 Å². The van der Waals surface area contributed by atoms with Gasteiger partial charge in [0.25, 0.3) is 5.91 Å². The molecule has 0 radical (unpaired) electrons. The van der Waals surface area contributed by atoms with Crippen molar-refractivity contribution >= 4 is 22.8 Å². The van der Waals surface area contributed by atoms with Gasteiger partial charge in [-0.05, 0) is 37.1 Å². The second-order valence-corrected chi connectivity index (χ2v) is 6.93. The summed E-state index contributed by atoms with van der Waals surface area (Å²) in [6.45, 7) is 1.44. The first-order valence-electron chi connectivity index (χ1n) is 9.41. The summed E-state index contributed by atoms with van der Waals surface area (Å²) in [7, 11) is 1.56. The first-order valence-corrected chi connectivity index (χ1v) is 9.41. The quantitative estimate of drug-likeness (QED) is 0.621. The van der Waals surface area contributed by atoms with Crippen LogP contribution in [0.4, 0.5) is 14.6 Å². The Hall–Kier alpha value is -3.07. The van der Waals surface area contributed by atoms with E-state index >= 15 is 0 Å². The van der Waals surface area contributed by atoms with Crippen LogP contribution in [0.15, 0.2) is 30.5 Å². The second kappa shape index (κ2) is 8.12. The predicted octanol–water partition coefficient (Wildman–Crippen LogP) is 2.95. The molecule has 1 aromatic carbocycles. The van der Waals surface area contributed by atoms with E-state index in [2.05, 4.69) is 20.5 Å². The van der Waals surface area contributed by atoms with Gasteiger partial charge in [0.2, 0.25) is 0 Å². The Morgan fingerprint density at radius 2 is 2.24 bits per heavy atom. The number of hydrogen-bond donors (Lipinski definition) is 2. The van der Waals surface area contributed by atoms with Gasteiger partial charge in [0.1, 0.15) is 11.6 Å². The number of ether oxygens (including phenoxy) is 1. The Balaban J connectivity index is 1.67. The van der Waals surface area contributed by atoms with E-state index in [9.17, 15) is 13.6 Å². The van der Waals surface area contributed by atoms with Gasteiger partial charge in [0.05, 0.1) is 23.6 Å². The molecule has 152 valence electrons. The Labute approximate surface area is 166 Å². The molecule has 3 heterocycles. The van der Waals surface area contributed by atoms with E-state index in [1.54, 1.807) is 13.2 Å². The maximum atomic E-state index is 14.4. The Kier molecular flexibility index (Phi) is 5.39. The number of nitrogens with one attached hydrogen (secondary N) is 2. The van der Waals surface area contributed by atoms with Crippen molar-refractivity contribution in [2.45, 2.75) is 18.9 Å². The molecule has 2 N–H and O–H groups in total. The zero-order valence-corrected chi connectivity index (χ0v) is 15.9. The smallest absolute Gasteiger partial charge is 0.252 e. The van der Waals surface area contributed by atoms with E-state index in [0.717, 1.165) is 18.6 Å². The zero-order valence-electron chi connectivity index (χ0n) is 15.9. The summed E-state index contributed by atoms with van der Waals surface area (Å²) in [6, 6.07) is 4.87. The summed E-state index contributed by atoms with van der Waals surface area (Å²) in [5.74, 6) is -0.612. The number of anilines is 1. The zero-order chi connectivity index (χ0) is 20.4. The third kappa shape index (κ3) is 3.77. The number of fused-ring (bicyclic) bond motifs is 1. The molecule has 0 aliphatic carbocycles. The molecule has 2 aromatic heterocycles. The van der Waals surface area contributed by atoms with Crippen molar-refractivity contribution in [1.82, 2.24) is 20.5 Å². The molecule has 0 spiro atoms. The molecule has 1 unspecified atom stereocenters. The van der Waals surface area contributed by atoms with Gasteiger partial charge in [0, 0.05) is 32.0 Å². The molecule has 0 bridgehead atoms. The molecule has 1 fully saturated rings. The molecule has 1 aliphatic rings. The highest BCUT2D eigenvalue weighted by atomic mass is 19.1. The number of carbonyl (C=O) groups is 1. The van der Waals surface area contributed by atoms with Crippen molar-refractivity contribution in [2.24, 2.45) is 0 Å². The van der Waals surface area contributed by atoms with Crippen LogP contribution in [0, 0.1) is 11.6 Å². The van der Waals surface area contributed by atoms with Crippen LogP contribution in [0.2, 0.25) is 0 Å². The number of aromatic amines is 1. The first-order chi connectivity index (χ1) is 14.1. The summed E-state index contributed by atoms with van der Waals surface area (Å²) < 4.78 is 33.0. The number of nitrogens with zero attached hydrogens (tertiary/aromatic N) is 3. The standard InChI is InChI=1S/C20H21F2N5O2/c1-29-8-6-23-20(28)12-9-15-18(24-11-12)25-26-19(15)27-7-2-3-17(27)14-10-13(21)4-5-16(14)22/h4-5,9-11,17H,2-3,6-8H2,1H3,(H,23,28)(H,24,25,26). The lowest BCUT2D eigenvalue weighted by Crippen LogP contribution is -2.27. The number of H-pyrrole nitrogens is 1. The molecule has 1 atom stereocenters. The lowest BCUT2D eigenvalue weighted by Gasteiger charge is -2.25. The molecule has 9 heteroatoms. The number of pyridine rings is 1. The summed E-state index contributed by atoms with van der Waals surface area (Å²) >= 11 is 0. The monoisotopic (exact) mass is 401 g/mol. The number of carbonyl (C=O) groups excluding carboxylic acids is 1. The van der Waals surface area contributed by atoms with E-state index < -0.39 is 11.6 Å². The summed E-state index contributed by atoms with van der Waals surface area (Å²) in [4.78, 5) is 18.6. The van der Waals surface area contributed by atoms with Crippen LogP contribution in [0.5, 0.6) is 0 Å². The van der Waals surface area contributed by atoms with Gasteiger partial charge in [0.15, 0.2) is 11.5 Å². The lowest BCUT2D eigenvalue weighted by molar-refractivity contribution is 0.0937. The van der Waals surface area contributed by atoms with Gasteiger partial charge in [-0.2, -0.15) is 5.10 Å². The number of methoxy groups -OCH3 is 1. The summed E-state index contributed by atoms with van der Waals surface area (Å²) in [5, 5.41) is 10.6. The van der Waals surface area contributed by atoms with Crippen LogP contribution in [-0.2, 0) is 4.74 Å². The molecule has 1 amide bonds. The minimum absolute atomic E-state index is 0.266. The molecule has 7 nitrogen and oxygen atoms in total. The fraction of sp³-hybridized carbons (Fsp3) is 0.350.